The molecule has 0 spiro atoms. The van der Waals surface area contributed by atoms with E-state index in [0.717, 1.165) is 5.56 Å². The first kappa shape index (κ1) is 45.1. The molecule has 1 aromatic carbocycles. The molecule has 1 heterocycles. The molecule has 2 atom stereocenters. The van der Waals surface area contributed by atoms with E-state index in [1.165, 1.54) is 16.8 Å². The zero-order chi connectivity index (χ0) is 40.0. The fourth-order valence-corrected chi connectivity index (χ4v) is 5.86. The number of unbranched alkanes of at least 4 members (excludes halogenated alkanes) is 1. The first-order valence-corrected chi connectivity index (χ1v) is 19.5. The molecule has 2 aromatic rings. The molecular formula is C37H60N6O9S. The molecule has 0 bridgehead atoms. The molecule has 0 radical (unpaired) electrons. The van der Waals surface area contributed by atoms with Gasteiger partial charge in [-0.1, -0.05) is 43.7 Å². The SMILES string of the molecule is Cc1ccc(S(=O)(=O)OCCn2cc(CCC(=O)NCCCC[C@H](NC(=O)N[C@@H](CCC(=O)OC(C)(C)C)C(=O)OC(C)(C)C)C(C)(C)C)nn2)cc1. The molecule has 0 unspecified atom stereocenters. The Kier molecular flexibility index (Phi) is 16.9. The lowest BCUT2D eigenvalue weighted by atomic mass is 9.84. The molecule has 0 saturated heterocycles. The number of aromatic nitrogens is 3. The zero-order valence-corrected chi connectivity index (χ0v) is 33.9. The van der Waals surface area contributed by atoms with Crippen LogP contribution < -0.4 is 16.0 Å². The lowest BCUT2D eigenvalue weighted by Crippen LogP contribution is -2.53. The number of carbonyl (C=O) groups excluding carboxylic acids is 4. The third-order valence-corrected chi connectivity index (χ3v) is 9.04. The van der Waals surface area contributed by atoms with Crippen molar-refractivity contribution < 1.29 is 41.3 Å². The van der Waals surface area contributed by atoms with E-state index in [0.29, 0.717) is 37.9 Å². The molecule has 53 heavy (non-hydrogen) atoms. The van der Waals surface area contributed by atoms with Crippen LogP contribution in [0.15, 0.2) is 35.4 Å². The van der Waals surface area contributed by atoms with Gasteiger partial charge in [-0.25, -0.2) is 14.3 Å². The Hall–Kier alpha value is -4.05. The molecule has 16 heteroatoms. The number of hydrogen-bond acceptors (Lipinski definition) is 11. The van der Waals surface area contributed by atoms with Crippen molar-refractivity contribution in [2.45, 2.75) is 149 Å². The lowest BCUT2D eigenvalue weighted by Gasteiger charge is -2.32. The highest BCUT2D eigenvalue weighted by molar-refractivity contribution is 7.86. The largest absolute Gasteiger partial charge is 0.460 e. The van der Waals surface area contributed by atoms with Crippen LogP contribution in [0.1, 0.15) is 112 Å². The minimum atomic E-state index is -3.88. The number of amides is 3. The van der Waals surface area contributed by atoms with E-state index in [9.17, 15) is 27.6 Å². The predicted octanol–water partition coefficient (Wildman–Crippen LogP) is 4.76. The van der Waals surface area contributed by atoms with Crippen LogP contribution in [-0.4, -0.2) is 83.7 Å². The number of aryl methyl sites for hydroxylation is 2. The number of nitrogens with zero attached hydrogens (tertiary/aromatic N) is 3. The lowest BCUT2D eigenvalue weighted by molar-refractivity contribution is -0.158. The van der Waals surface area contributed by atoms with Crippen LogP contribution in [0.5, 0.6) is 0 Å². The fourth-order valence-electron chi connectivity index (χ4n) is 4.96. The molecule has 0 aliphatic rings. The summed E-state index contributed by atoms with van der Waals surface area (Å²) in [7, 11) is -3.88. The first-order chi connectivity index (χ1) is 24.4. The van der Waals surface area contributed by atoms with E-state index in [1.54, 1.807) is 59.9 Å². The monoisotopic (exact) mass is 764 g/mol. The fraction of sp³-hybridized carbons (Fsp3) is 0.676. The number of carbonyl (C=O) groups is 4. The number of urea groups is 1. The highest BCUT2D eigenvalue weighted by Crippen LogP contribution is 2.24. The van der Waals surface area contributed by atoms with Gasteiger partial charge in [0.15, 0.2) is 0 Å². The first-order valence-electron chi connectivity index (χ1n) is 18.1. The Morgan fingerprint density at radius 1 is 0.849 bits per heavy atom. The van der Waals surface area contributed by atoms with Gasteiger partial charge in [-0.3, -0.25) is 13.8 Å². The number of hydrogen-bond donors (Lipinski definition) is 3. The van der Waals surface area contributed by atoms with Gasteiger partial charge in [-0.05, 0) is 91.7 Å². The topological polar surface area (TPSA) is 197 Å². The quantitative estimate of drug-likeness (QED) is 0.101. The second kappa shape index (κ2) is 19.9. The normalized spacial score (nSPS) is 13.5. The third kappa shape index (κ3) is 18.5. The molecule has 3 N–H and O–H groups in total. The van der Waals surface area contributed by atoms with Gasteiger partial charge in [0.2, 0.25) is 5.91 Å². The van der Waals surface area contributed by atoms with Gasteiger partial charge in [-0.15, -0.1) is 5.10 Å². The molecule has 0 fully saturated rings. The summed E-state index contributed by atoms with van der Waals surface area (Å²) in [6.07, 6.45) is 4.19. The summed E-state index contributed by atoms with van der Waals surface area (Å²) in [6.45, 7) is 18.8. The standard InChI is InChI=1S/C37H60N6O9S/c1-26-14-17-28(18-15-26)53(48,49)50-24-23-43-25-27(41-42-43)16-20-31(44)38-22-12-11-13-30(35(2,3)4)40-34(47)39-29(33(46)52-37(8,9)10)19-21-32(45)51-36(5,6)7/h14-15,17-18,25,29-30H,11-13,16,19-24H2,1-10H3,(H,38,44)(H2,39,40,47)/t29-,30-/m0/s1. The second-order valence-electron chi connectivity index (χ2n) is 16.2. The zero-order valence-electron chi connectivity index (χ0n) is 33.0. The molecule has 0 aliphatic carbocycles. The highest BCUT2D eigenvalue weighted by atomic mass is 32.2. The average Bonchev–Trinajstić information content (AvgIpc) is 3.46. The maximum Gasteiger partial charge on any atom is 0.329 e. The van der Waals surface area contributed by atoms with E-state index in [1.807, 2.05) is 27.7 Å². The maximum atomic E-state index is 13.1. The third-order valence-electron chi connectivity index (χ3n) is 7.71. The van der Waals surface area contributed by atoms with Crippen molar-refractivity contribution >= 4 is 34.0 Å². The molecule has 2 rings (SSSR count). The molecule has 1 aromatic heterocycles. The van der Waals surface area contributed by atoms with Crippen molar-refractivity contribution in [3.05, 3.63) is 41.7 Å². The Balaban J connectivity index is 1.77. The minimum absolute atomic E-state index is 0.0197. The van der Waals surface area contributed by atoms with E-state index in [2.05, 4.69) is 26.3 Å². The molecule has 298 valence electrons. The number of esters is 2. The summed E-state index contributed by atoms with van der Waals surface area (Å²) >= 11 is 0. The van der Waals surface area contributed by atoms with Gasteiger partial charge in [0.05, 0.1) is 23.7 Å². The van der Waals surface area contributed by atoms with Crippen LogP contribution >= 0.6 is 0 Å². The summed E-state index contributed by atoms with van der Waals surface area (Å²) in [5, 5.41) is 16.6. The number of ether oxygens (including phenoxy) is 2. The number of rotatable bonds is 19. The maximum absolute atomic E-state index is 13.1. The van der Waals surface area contributed by atoms with Crippen LogP contribution in [0.4, 0.5) is 4.79 Å². The average molecular weight is 765 g/mol. The minimum Gasteiger partial charge on any atom is -0.460 e. The van der Waals surface area contributed by atoms with Gasteiger partial charge >= 0.3 is 18.0 Å². The molecule has 0 aliphatic heterocycles. The molecule has 15 nitrogen and oxygen atoms in total. The highest BCUT2D eigenvalue weighted by Gasteiger charge is 2.31. The van der Waals surface area contributed by atoms with Gasteiger partial charge in [0.25, 0.3) is 10.1 Å². The summed E-state index contributed by atoms with van der Waals surface area (Å²) in [6, 6.07) is 4.55. The van der Waals surface area contributed by atoms with Crippen molar-refractivity contribution in [2.75, 3.05) is 13.2 Å². The van der Waals surface area contributed by atoms with Crippen molar-refractivity contribution in [3.8, 4) is 0 Å². The predicted molar refractivity (Wildman–Crippen MR) is 199 cm³/mol. The van der Waals surface area contributed by atoms with Gasteiger partial charge in [-0.2, -0.15) is 8.42 Å². The van der Waals surface area contributed by atoms with Crippen molar-refractivity contribution in [1.29, 1.82) is 0 Å². The van der Waals surface area contributed by atoms with E-state index in [4.69, 9.17) is 13.7 Å². The van der Waals surface area contributed by atoms with Crippen molar-refractivity contribution in [1.82, 2.24) is 30.9 Å². The van der Waals surface area contributed by atoms with Crippen LogP contribution in [0.2, 0.25) is 0 Å². The van der Waals surface area contributed by atoms with E-state index in [-0.39, 0.29) is 54.7 Å². The van der Waals surface area contributed by atoms with Crippen LogP contribution in [0.25, 0.3) is 0 Å². The Morgan fingerprint density at radius 2 is 1.49 bits per heavy atom. The summed E-state index contributed by atoms with van der Waals surface area (Å²) in [4.78, 5) is 51.0. The van der Waals surface area contributed by atoms with Crippen molar-refractivity contribution in [2.24, 2.45) is 5.41 Å². The van der Waals surface area contributed by atoms with Gasteiger partial charge in [0, 0.05) is 38.0 Å². The van der Waals surface area contributed by atoms with E-state index >= 15 is 0 Å². The Bertz CT molecular complexity index is 1600. The molecule has 3 amide bonds. The second-order valence-corrected chi connectivity index (χ2v) is 17.8. The van der Waals surface area contributed by atoms with Crippen molar-refractivity contribution in [3.63, 3.8) is 0 Å². The summed E-state index contributed by atoms with van der Waals surface area (Å²) in [5.74, 6) is -1.26. The number of benzene rings is 1. The van der Waals surface area contributed by atoms with Gasteiger partial charge in [0.1, 0.15) is 17.2 Å². The smallest absolute Gasteiger partial charge is 0.329 e. The van der Waals surface area contributed by atoms with Crippen LogP contribution in [0, 0.1) is 12.3 Å². The summed E-state index contributed by atoms with van der Waals surface area (Å²) < 4.78 is 42.2. The van der Waals surface area contributed by atoms with E-state index < -0.39 is 45.3 Å². The summed E-state index contributed by atoms with van der Waals surface area (Å²) in [5.41, 5.74) is -0.227. The van der Waals surface area contributed by atoms with Crippen LogP contribution in [0.3, 0.4) is 0 Å². The molecule has 0 saturated carbocycles. The number of nitrogens with one attached hydrogen (secondary N) is 3. The molecular weight excluding hydrogens is 705 g/mol. The van der Waals surface area contributed by atoms with Crippen LogP contribution in [-0.2, 0) is 51.1 Å². The van der Waals surface area contributed by atoms with Gasteiger partial charge < -0.3 is 25.4 Å². The Morgan fingerprint density at radius 3 is 2.09 bits per heavy atom. The Labute approximate surface area is 314 Å².